The smallest absolute Gasteiger partial charge is 0.191 e. The molecule has 2 aromatic rings. The van der Waals surface area contributed by atoms with Gasteiger partial charge < -0.3 is 20.1 Å². The average Bonchev–Trinajstić information content (AvgIpc) is 2.65. The molecule has 0 amide bonds. The molecule has 0 aliphatic carbocycles. The van der Waals surface area contributed by atoms with Crippen LogP contribution < -0.4 is 20.1 Å². The summed E-state index contributed by atoms with van der Waals surface area (Å²) < 4.78 is 10.6. The lowest BCUT2D eigenvalue weighted by Gasteiger charge is -2.19. The van der Waals surface area contributed by atoms with E-state index >= 15 is 0 Å². The fraction of sp³-hybridized carbons (Fsp3) is 0.316. The maximum atomic E-state index is 5.42. The Morgan fingerprint density at radius 3 is 2.46 bits per heavy atom. The number of ether oxygens (including phenoxy) is 2. The summed E-state index contributed by atoms with van der Waals surface area (Å²) in [5, 5.41) is 6.70. The summed E-state index contributed by atoms with van der Waals surface area (Å²) in [5.41, 5.74) is 2.25. The lowest BCUT2D eigenvalue weighted by molar-refractivity contribution is 0.390. The second-order valence-corrected chi connectivity index (χ2v) is 5.38. The number of hydrogen-bond donors (Lipinski definition) is 2. The summed E-state index contributed by atoms with van der Waals surface area (Å²) in [6.07, 6.45) is 0. The van der Waals surface area contributed by atoms with E-state index in [0.29, 0.717) is 6.54 Å². The number of benzene rings is 2. The molecular weight excluding hydrogens is 302 g/mol. The molecule has 2 N–H and O–H groups in total. The van der Waals surface area contributed by atoms with Crippen LogP contribution in [0.4, 0.5) is 0 Å². The minimum absolute atomic E-state index is 0.162. The molecule has 0 radical (unpaired) electrons. The zero-order valence-corrected chi connectivity index (χ0v) is 14.7. The van der Waals surface area contributed by atoms with Gasteiger partial charge in [-0.1, -0.05) is 30.3 Å². The van der Waals surface area contributed by atoms with E-state index in [-0.39, 0.29) is 6.04 Å². The van der Waals surface area contributed by atoms with Crippen molar-refractivity contribution in [3.05, 3.63) is 59.7 Å². The minimum atomic E-state index is 0.162. The monoisotopic (exact) mass is 327 g/mol. The highest BCUT2D eigenvalue weighted by molar-refractivity contribution is 5.80. The van der Waals surface area contributed by atoms with Crippen molar-refractivity contribution >= 4 is 5.96 Å². The van der Waals surface area contributed by atoms with Gasteiger partial charge in [0.05, 0.1) is 20.3 Å². The number of hydrogen-bond acceptors (Lipinski definition) is 3. The number of nitrogens with zero attached hydrogens (tertiary/aromatic N) is 1. The van der Waals surface area contributed by atoms with E-state index < -0.39 is 0 Å². The van der Waals surface area contributed by atoms with E-state index in [2.05, 4.69) is 34.7 Å². The van der Waals surface area contributed by atoms with Crippen LogP contribution in [0.1, 0.15) is 24.1 Å². The van der Waals surface area contributed by atoms with E-state index in [0.717, 1.165) is 23.0 Å². The van der Waals surface area contributed by atoms with Crippen LogP contribution in [0.15, 0.2) is 53.5 Å². The zero-order chi connectivity index (χ0) is 17.4. The van der Waals surface area contributed by atoms with Gasteiger partial charge in [-0.2, -0.15) is 0 Å². The first kappa shape index (κ1) is 17.7. The Kier molecular flexibility index (Phi) is 6.49. The zero-order valence-electron chi connectivity index (χ0n) is 14.7. The number of nitrogens with one attached hydrogen (secondary N) is 2. The molecule has 0 saturated carbocycles. The van der Waals surface area contributed by atoms with Crippen LogP contribution in [0.2, 0.25) is 0 Å². The molecule has 1 atom stereocenters. The van der Waals surface area contributed by atoms with Gasteiger partial charge in [-0.15, -0.1) is 0 Å². The molecule has 0 bridgehead atoms. The van der Waals surface area contributed by atoms with E-state index in [1.807, 2.05) is 36.4 Å². The predicted molar refractivity (Wildman–Crippen MR) is 97.7 cm³/mol. The Hall–Kier alpha value is -2.69. The van der Waals surface area contributed by atoms with Crippen molar-refractivity contribution in [1.82, 2.24) is 10.6 Å². The van der Waals surface area contributed by atoms with Crippen molar-refractivity contribution in [2.75, 3.05) is 21.3 Å². The number of methoxy groups -OCH3 is 2. The highest BCUT2D eigenvalue weighted by atomic mass is 16.5. The lowest BCUT2D eigenvalue weighted by Crippen LogP contribution is -2.38. The Morgan fingerprint density at radius 1 is 1.08 bits per heavy atom. The van der Waals surface area contributed by atoms with E-state index in [9.17, 15) is 0 Å². The van der Waals surface area contributed by atoms with Crippen LogP contribution in [-0.2, 0) is 6.54 Å². The molecular formula is C19H25N3O2. The second-order valence-electron chi connectivity index (χ2n) is 5.38. The Bertz CT molecular complexity index is 672. The third kappa shape index (κ3) is 4.65. The van der Waals surface area contributed by atoms with Crippen LogP contribution in [0, 0.1) is 0 Å². The van der Waals surface area contributed by atoms with Crippen LogP contribution >= 0.6 is 0 Å². The molecule has 0 spiro atoms. The fourth-order valence-electron chi connectivity index (χ4n) is 2.40. The van der Waals surface area contributed by atoms with Gasteiger partial charge in [0, 0.05) is 25.2 Å². The van der Waals surface area contributed by atoms with Crippen LogP contribution in [0.25, 0.3) is 0 Å². The topological polar surface area (TPSA) is 54.9 Å². The number of aliphatic imine (C=N–C) groups is 1. The van der Waals surface area contributed by atoms with Crippen molar-refractivity contribution in [2.45, 2.75) is 19.5 Å². The molecule has 24 heavy (non-hydrogen) atoms. The van der Waals surface area contributed by atoms with Gasteiger partial charge in [0.15, 0.2) is 5.96 Å². The molecule has 0 fully saturated rings. The Balaban J connectivity index is 1.99. The predicted octanol–water partition coefficient (Wildman–Crippen LogP) is 3.13. The second kappa shape index (κ2) is 8.82. The number of rotatable bonds is 6. The van der Waals surface area contributed by atoms with Gasteiger partial charge >= 0.3 is 0 Å². The van der Waals surface area contributed by atoms with Crippen molar-refractivity contribution in [3.63, 3.8) is 0 Å². The molecule has 128 valence electrons. The first-order valence-corrected chi connectivity index (χ1v) is 7.91. The minimum Gasteiger partial charge on any atom is -0.497 e. The Morgan fingerprint density at radius 2 is 1.83 bits per heavy atom. The molecule has 1 unspecified atom stereocenters. The van der Waals surface area contributed by atoms with Crippen LogP contribution in [0.5, 0.6) is 11.5 Å². The van der Waals surface area contributed by atoms with Crippen molar-refractivity contribution in [1.29, 1.82) is 0 Å². The van der Waals surface area contributed by atoms with Gasteiger partial charge in [-0.25, -0.2) is 0 Å². The van der Waals surface area contributed by atoms with Crippen molar-refractivity contribution in [3.8, 4) is 11.5 Å². The van der Waals surface area contributed by atoms with Gasteiger partial charge in [0.25, 0.3) is 0 Å². The van der Waals surface area contributed by atoms with Crippen LogP contribution in [0.3, 0.4) is 0 Å². The number of guanidine groups is 1. The van der Waals surface area contributed by atoms with Gasteiger partial charge in [0.1, 0.15) is 11.5 Å². The van der Waals surface area contributed by atoms with Crippen molar-refractivity contribution < 1.29 is 9.47 Å². The van der Waals surface area contributed by atoms with Crippen LogP contribution in [-0.4, -0.2) is 27.2 Å². The van der Waals surface area contributed by atoms with Gasteiger partial charge in [-0.05, 0) is 24.6 Å². The lowest BCUT2D eigenvalue weighted by atomic mass is 10.1. The Labute approximate surface area is 143 Å². The SMILES string of the molecule is CN=C(NCc1ccc(OC)cc1OC)NC(C)c1ccccc1. The molecule has 0 aliphatic heterocycles. The maximum Gasteiger partial charge on any atom is 0.191 e. The molecule has 0 aromatic heterocycles. The van der Waals surface area contributed by atoms with Crippen molar-refractivity contribution in [2.24, 2.45) is 4.99 Å². The van der Waals surface area contributed by atoms with E-state index in [1.54, 1.807) is 21.3 Å². The maximum absolute atomic E-state index is 5.42. The molecule has 2 aromatic carbocycles. The summed E-state index contributed by atoms with van der Waals surface area (Å²) >= 11 is 0. The van der Waals surface area contributed by atoms with E-state index in [4.69, 9.17) is 9.47 Å². The highest BCUT2D eigenvalue weighted by Gasteiger charge is 2.09. The first-order chi connectivity index (χ1) is 11.7. The third-order valence-electron chi connectivity index (χ3n) is 3.82. The molecule has 0 heterocycles. The van der Waals surface area contributed by atoms with Gasteiger partial charge in [0.2, 0.25) is 0 Å². The molecule has 0 aliphatic rings. The summed E-state index contributed by atoms with van der Waals surface area (Å²) in [4.78, 5) is 4.29. The largest absolute Gasteiger partial charge is 0.497 e. The average molecular weight is 327 g/mol. The third-order valence-corrected chi connectivity index (χ3v) is 3.82. The molecule has 2 rings (SSSR count). The summed E-state index contributed by atoms with van der Waals surface area (Å²) in [5.74, 6) is 2.30. The molecule has 5 heteroatoms. The fourth-order valence-corrected chi connectivity index (χ4v) is 2.40. The van der Waals surface area contributed by atoms with Gasteiger partial charge in [-0.3, -0.25) is 4.99 Å². The van der Waals surface area contributed by atoms with E-state index in [1.165, 1.54) is 5.56 Å². The highest BCUT2D eigenvalue weighted by Crippen LogP contribution is 2.24. The normalized spacial score (nSPS) is 12.4. The first-order valence-electron chi connectivity index (χ1n) is 7.91. The summed E-state index contributed by atoms with van der Waals surface area (Å²) in [6.45, 7) is 2.71. The molecule has 0 saturated heterocycles. The quantitative estimate of drug-likeness (QED) is 0.632. The molecule has 5 nitrogen and oxygen atoms in total. The summed E-state index contributed by atoms with van der Waals surface area (Å²) in [6, 6.07) is 16.2. The summed E-state index contributed by atoms with van der Waals surface area (Å²) in [7, 11) is 5.06. The standard InChI is InChI=1S/C19H25N3O2/c1-14(15-8-6-5-7-9-15)22-19(20-2)21-13-16-10-11-17(23-3)12-18(16)24-4/h5-12,14H,13H2,1-4H3,(H2,20,21,22).